The van der Waals surface area contributed by atoms with Gasteiger partial charge in [0, 0.05) is 18.5 Å². The third-order valence-corrected chi connectivity index (χ3v) is 6.58. The predicted molar refractivity (Wildman–Crippen MR) is 98.9 cm³/mol. The van der Waals surface area contributed by atoms with Gasteiger partial charge in [-0.15, -0.1) is 0 Å². The Bertz CT molecular complexity index is 659. The van der Waals surface area contributed by atoms with E-state index in [-0.39, 0.29) is 5.41 Å². The summed E-state index contributed by atoms with van der Waals surface area (Å²) in [5, 5.41) is 0. The van der Waals surface area contributed by atoms with Crippen molar-refractivity contribution in [2.75, 3.05) is 31.2 Å². The highest BCUT2D eigenvalue weighted by atomic mass is 79.9. The Morgan fingerprint density at radius 3 is 2.60 bits per heavy atom. The Balaban J connectivity index is 1.83. The topological polar surface area (TPSA) is 64.5 Å². The lowest BCUT2D eigenvalue weighted by Gasteiger charge is -2.42. The van der Waals surface area contributed by atoms with Crippen LogP contribution in [-0.4, -0.2) is 48.3 Å². The van der Waals surface area contributed by atoms with Crippen LogP contribution in [0.25, 0.3) is 0 Å². The second-order valence-corrected chi connectivity index (χ2v) is 7.90. The van der Waals surface area contributed by atoms with Gasteiger partial charge >= 0.3 is 5.97 Å². The minimum absolute atomic E-state index is 0.248. The SMILES string of the molecule is CCOC(=O)c1nc(Br)c(C)nc1N1CCC2(CC1)CO[C@@H](C)[C@H]2C. The minimum Gasteiger partial charge on any atom is -0.461 e. The fourth-order valence-electron chi connectivity index (χ4n) is 3.88. The molecule has 25 heavy (non-hydrogen) atoms. The first-order valence-corrected chi connectivity index (χ1v) is 9.75. The Kier molecular flexibility index (Phi) is 5.34. The summed E-state index contributed by atoms with van der Waals surface area (Å²) in [6.45, 7) is 11.0. The van der Waals surface area contributed by atoms with Crippen LogP contribution in [0.5, 0.6) is 0 Å². The van der Waals surface area contributed by atoms with E-state index in [4.69, 9.17) is 9.47 Å². The fraction of sp³-hybridized carbons (Fsp3) is 0.722. The van der Waals surface area contributed by atoms with Crippen LogP contribution in [0.1, 0.15) is 49.8 Å². The number of esters is 1. The van der Waals surface area contributed by atoms with Crippen LogP contribution in [0.3, 0.4) is 0 Å². The molecule has 6 nitrogen and oxygen atoms in total. The number of aromatic nitrogens is 2. The number of anilines is 1. The van der Waals surface area contributed by atoms with Gasteiger partial charge in [0.25, 0.3) is 0 Å². The molecule has 138 valence electrons. The molecule has 2 saturated heterocycles. The minimum atomic E-state index is -0.419. The molecule has 1 aromatic rings. The number of carbonyl (C=O) groups is 1. The maximum Gasteiger partial charge on any atom is 0.360 e. The lowest BCUT2D eigenvalue weighted by atomic mass is 9.70. The van der Waals surface area contributed by atoms with E-state index in [1.165, 1.54) is 0 Å². The molecular formula is C18H26BrN3O3. The van der Waals surface area contributed by atoms with Gasteiger partial charge in [0.1, 0.15) is 4.60 Å². The molecular weight excluding hydrogens is 386 g/mol. The van der Waals surface area contributed by atoms with Gasteiger partial charge in [0.2, 0.25) is 0 Å². The number of nitrogens with zero attached hydrogens (tertiary/aromatic N) is 3. The normalized spacial score (nSPS) is 25.4. The summed E-state index contributed by atoms with van der Waals surface area (Å²) in [7, 11) is 0. The van der Waals surface area contributed by atoms with Crippen LogP contribution in [-0.2, 0) is 9.47 Å². The van der Waals surface area contributed by atoms with E-state index in [1.54, 1.807) is 6.92 Å². The Morgan fingerprint density at radius 1 is 1.36 bits per heavy atom. The summed E-state index contributed by atoms with van der Waals surface area (Å²) in [5.41, 5.74) is 1.31. The molecule has 0 bridgehead atoms. The standard InChI is InChI=1S/C18H26BrN3O3/c1-5-24-17(23)14-16(20-12(3)15(19)21-14)22-8-6-18(7-9-22)10-25-13(4)11(18)2/h11,13H,5-10H2,1-4H3/t11-,13+/m1/s1. The zero-order valence-corrected chi connectivity index (χ0v) is 16.9. The lowest BCUT2D eigenvalue weighted by molar-refractivity contribution is 0.0519. The third kappa shape index (κ3) is 3.40. The van der Waals surface area contributed by atoms with Crippen molar-refractivity contribution >= 4 is 27.7 Å². The molecule has 0 saturated carbocycles. The van der Waals surface area contributed by atoms with E-state index in [0.717, 1.165) is 38.2 Å². The van der Waals surface area contributed by atoms with Gasteiger partial charge in [-0.05, 0) is 55.5 Å². The highest BCUT2D eigenvalue weighted by Crippen LogP contribution is 2.46. The van der Waals surface area contributed by atoms with Crippen LogP contribution in [0.2, 0.25) is 0 Å². The van der Waals surface area contributed by atoms with Crippen LogP contribution in [0, 0.1) is 18.3 Å². The van der Waals surface area contributed by atoms with E-state index >= 15 is 0 Å². The molecule has 0 aliphatic carbocycles. The van der Waals surface area contributed by atoms with Crippen LogP contribution in [0.4, 0.5) is 5.82 Å². The first-order chi connectivity index (χ1) is 11.9. The molecule has 2 fully saturated rings. The highest BCUT2D eigenvalue weighted by Gasteiger charge is 2.47. The van der Waals surface area contributed by atoms with Crippen molar-refractivity contribution in [3.8, 4) is 0 Å². The average molecular weight is 412 g/mol. The molecule has 2 aliphatic rings. The molecule has 7 heteroatoms. The Morgan fingerprint density at radius 2 is 2.04 bits per heavy atom. The summed E-state index contributed by atoms with van der Waals surface area (Å²) in [6.07, 6.45) is 2.39. The van der Waals surface area contributed by atoms with E-state index < -0.39 is 5.97 Å². The number of hydrogen-bond donors (Lipinski definition) is 0. The van der Waals surface area contributed by atoms with E-state index in [2.05, 4.69) is 44.6 Å². The van der Waals surface area contributed by atoms with Gasteiger partial charge in [-0.3, -0.25) is 0 Å². The number of rotatable bonds is 3. The second-order valence-electron chi connectivity index (χ2n) is 7.15. The summed E-state index contributed by atoms with van der Waals surface area (Å²) < 4.78 is 11.7. The summed E-state index contributed by atoms with van der Waals surface area (Å²) in [5.74, 6) is 0.766. The number of hydrogen-bond acceptors (Lipinski definition) is 6. The van der Waals surface area contributed by atoms with Crippen LogP contribution < -0.4 is 4.90 Å². The van der Waals surface area contributed by atoms with Gasteiger partial charge in [-0.1, -0.05) is 6.92 Å². The molecule has 1 spiro atoms. The van der Waals surface area contributed by atoms with E-state index in [9.17, 15) is 4.79 Å². The molecule has 0 radical (unpaired) electrons. The van der Waals surface area contributed by atoms with Crippen molar-refractivity contribution in [1.82, 2.24) is 9.97 Å². The largest absolute Gasteiger partial charge is 0.461 e. The summed E-state index contributed by atoms with van der Waals surface area (Å²) >= 11 is 3.37. The maximum atomic E-state index is 12.3. The quantitative estimate of drug-likeness (QED) is 0.710. The summed E-state index contributed by atoms with van der Waals surface area (Å²) in [6, 6.07) is 0. The van der Waals surface area contributed by atoms with Crippen molar-refractivity contribution in [3.05, 3.63) is 16.0 Å². The van der Waals surface area contributed by atoms with Gasteiger partial charge in [-0.2, -0.15) is 0 Å². The molecule has 3 heterocycles. The maximum absolute atomic E-state index is 12.3. The number of piperidine rings is 1. The monoisotopic (exact) mass is 411 g/mol. The second kappa shape index (κ2) is 7.19. The van der Waals surface area contributed by atoms with Crippen molar-refractivity contribution in [1.29, 1.82) is 0 Å². The zero-order valence-electron chi connectivity index (χ0n) is 15.3. The number of ether oxygens (including phenoxy) is 2. The zero-order chi connectivity index (χ0) is 18.2. The van der Waals surface area contributed by atoms with Crippen molar-refractivity contribution in [2.24, 2.45) is 11.3 Å². The number of carbonyl (C=O) groups excluding carboxylic acids is 1. The average Bonchev–Trinajstić information content (AvgIpc) is 2.87. The first-order valence-electron chi connectivity index (χ1n) is 8.96. The molecule has 0 amide bonds. The van der Waals surface area contributed by atoms with Gasteiger partial charge in [0.05, 0.1) is 25.0 Å². The number of aryl methyl sites for hydroxylation is 1. The number of halogens is 1. The molecule has 0 aromatic carbocycles. The smallest absolute Gasteiger partial charge is 0.360 e. The first kappa shape index (κ1) is 18.6. The van der Waals surface area contributed by atoms with Gasteiger partial charge < -0.3 is 14.4 Å². The Labute approximate surface area is 157 Å². The summed E-state index contributed by atoms with van der Waals surface area (Å²) in [4.78, 5) is 23.5. The van der Waals surface area contributed by atoms with E-state index in [0.29, 0.717) is 34.7 Å². The molecule has 0 unspecified atom stereocenters. The molecule has 1 aromatic heterocycles. The third-order valence-electron chi connectivity index (χ3n) is 5.83. The molecule has 2 atom stereocenters. The predicted octanol–water partition coefficient (Wildman–Crippen LogP) is 3.37. The van der Waals surface area contributed by atoms with Crippen molar-refractivity contribution in [2.45, 2.75) is 46.6 Å². The van der Waals surface area contributed by atoms with Crippen molar-refractivity contribution < 1.29 is 14.3 Å². The van der Waals surface area contributed by atoms with Crippen LogP contribution >= 0.6 is 15.9 Å². The molecule has 3 rings (SSSR count). The molecule has 2 aliphatic heterocycles. The molecule has 0 N–H and O–H groups in total. The lowest BCUT2D eigenvalue weighted by Crippen LogP contribution is -2.44. The highest BCUT2D eigenvalue weighted by molar-refractivity contribution is 9.10. The van der Waals surface area contributed by atoms with E-state index in [1.807, 2.05) is 6.92 Å². The Hall–Kier alpha value is -1.21. The van der Waals surface area contributed by atoms with Crippen molar-refractivity contribution in [3.63, 3.8) is 0 Å². The fourth-order valence-corrected chi connectivity index (χ4v) is 4.14. The van der Waals surface area contributed by atoms with Gasteiger partial charge in [-0.25, -0.2) is 14.8 Å². The van der Waals surface area contributed by atoms with Crippen LogP contribution in [0.15, 0.2) is 4.60 Å². The van der Waals surface area contributed by atoms with Gasteiger partial charge in [0.15, 0.2) is 11.5 Å².